The van der Waals surface area contributed by atoms with Crippen LogP contribution in [0.4, 0.5) is 0 Å². The molecule has 0 bridgehead atoms. The molecule has 1 aliphatic rings. The number of H-pyrrole nitrogens is 1. The molecule has 0 amide bonds. The van der Waals surface area contributed by atoms with Crippen LogP contribution < -0.4 is 5.32 Å². The summed E-state index contributed by atoms with van der Waals surface area (Å²) in [5.74, 6) is 0. The number of nitrogens with zero attached hydrogens (tertiary/aromatic N) is 3. The van der Waals surface area contributed by atoms with E-state index in [4.69, 9.17) is 12.2 Å². The zero-order valence-electron chi connectivity index (χ0n) is 12.9. The van der Waals surface area contributed by atoms with Crippen molar-refractivity contribution >= 4 is 17.3 Å². The summed E-state index contributed by atoms with van der Waals surface area (Å²) in [6, 6.07) is 10.3. The first-order valence-corrected chi connectivity index (χ1v) is 7.83. The van der Waals surface area contributed by atoms with Crippen LogP contribution in [-0.2, 0) is 0 Å². The molecule has 1 fully saturated rings. The predicted molar refractivity (Wildman–Crippen MR) is 91.5 cm³/mol. The minimum absolute atomic E-state index is 0.0644. The quantitative estimate of drug-likeness (QED) is 0.826. The van der Waals surface area contributed by atoms with Crippen LogP contribution in [-0.4, -0.2) is 52.1 Å². The fourth-order valence-corrected chi connectivity index (χ4v) is 3.15. The maximum atomic E-state index is 5.58. The van der Waals surface area contributed by atoms with E-state index in [0.29, 0.717) is 0 Å². The normalized spacial score (nSPS) is 21.4. The van der Waals surface area contributed by atoms with Crippen molar-refractivity contribution in [1.82, 2.24) is 25.1 Å². The molecule has 0 aliphatic carbocycles. The van der Waals surface area contributed by atoms with Gasteiger partial charge in [-0.05, 0) is 50.6 Å². The molecular formula is C16H21N5S. The second-order valence-corrected chi connectivity index (χ2v) is 6.14. The minimum Gasteiger partial charge on any atom is -0.363 e. The Balaban J connectivity index is 1.92. The fraction of sp³-hybridized carbons (Fsp3) is 0.375. The Kier molecular flexibility index (Phi) is 4.40. The first-order chi connectivity index (χ1) is 10.7. The maximum Gasteiger partial charge on any atom is 0.170 e. The van der Waals surface area contributed by atoms with Crippen molar-refractivity contribution < 1.29 is 0 Å². The molecule has 0 spiro atoms. The second kappa shape index (κ2) is 6.46. The third-order valence-corrected chi connectivity index (χ3v) is 4.28. The molecule has 116 valence electrons. The molecule has 2 aromatic heterocycles. The van der Waals surface area contributed by atoms with E-state index in [9.17, 15) is 0 Å². The average Bonchev–Trinajstić information content (AvgIpc) is 3.13. The highest BCUT2D eigenvalue weighted by atomic mass is 32.1. The lowest BCUT2D eigenvalue weighted by molar-refractivity contribution is 0.274. The van der Waals surface area contributed by atoms with Crippen LogP contribution in [0.15, 0.2) is 42.7 Å². The molecule has 2 N–H and O–H groups in total. The molecule has 2 aromatic rings. The van der Waals surface area contributed by atoms with Gasteiger partial charge in [-0.3, -0.25) is 4.98 Å². The summed E-state index contributed by atoms with van der Waals surface area (Å²) >= 11 is 5.58. The van der Waals surface area contributed by atoms with Crippen LogP contribution in [0.2, 0.25) is 0 Å². The smallest absolute Gasteiger partial charge is 0.170 e. The minimum atomic E-state index is 0.0644. The summed E-state index contributed by atoms with van der Waals surface area (Å²) in [7, 11) is 4.15. The van der Waals surface area contributed by atoms with Crippen molar-refractivity contribution in [1.29, 1.82) is 0 Å². The predicted octanol–water partition coefficient (Wildman–Crippen LogP) is 1.94. The van der Waals surface area contributed by atoms with E-state index in [2.05, 4.69) is 45.2 Å². The highest BCUT2D eigenvalue weighted by Crippen LogP contribution is 2.37. The van der Waals surface area contributed by atoms with Crippen LogP contribution >= 0.6 is 12.2 Å². The van der Waals surface area contributed by atoms with E-state index in [-0.39, 0.29) is 12.1 Å². The molecule has 0 aromatic carbocycles. The lowest BCUT2D eigenvalue weighted by Crippen LogP contribution is -2.35. The first kappa shape index (κ1) is 15.0. The molecule has 3 heterocycles. The van der Waals surface area contributed by atoms with Gasteiger partial charge in [-0.25, -0.2) is 0 Å². The number of hydrogen-bond acceptors (Lipinski definition) is 3. The van der Waals surface area contributed by atoms with E-state index >= 15 is 0 Å². The van der Waals surface area contributed by atoms with Crippen LogP contribution in [0.3, 0.4) is 0 Å². The Morgan fingerprint density at radius 1 is 1.27 bits per heavy atom. The zero-order chi connectivity index (χ0) is 15.5. The summed E-state index contributed by atoms with van der Waals surface area (Å²) in [4.78, 5) is 12.3. The lowest BCUT2D eigenvalue weighted by Gasteiger charge is -2.28. The van der Waals surface area contributed by atoms with Crippen LogP contribution in [0.25, 0.3) is 0 Å². The molecule has 22 heavy (non-hydrogen) atoms. The Morgan fingerprint density at radius 2 is 2.14 bits per heavy atom. The van der Waals surface area contributed by atoms with Gasteiger partial charge < -0.3 is 20.1 Å². The molecule has 0 radical (unpaired) electrons. The molecule has 0 saturated carbocycles. The molecule has 1 aliphatic heterocycles. The summed E-state index contributed by atoms with van der Waals surface area (Å²) in [6.45, 7) is 1.83. The molecule has 2 atom stereocenters. The van der Waals surface area contributed by atoms with Gasteiger partial charge in [0, 0.05) is 31.2 Å². The maximum absolute atomic E-state index is 5.58. The molecule has 3 rings (SSSR count). The fourth-order valence-electron chi connectivity index (χ4n) is 2.82. The van der Waals surface area contributed by atoms with Crippen molar-refractivity contribution in [3.63, 3.8) is 0 Å². The molecular weight excluding hydrogens is 294 g/mol. The molecule has 5 nitrogen and oxygen atoms in total. The summed E-state index contributed by atoms with van der Waals surface area (Å²) in [5, 5.41) is 4.23. The highest BCUT2D eigenvalue weighted by Gasteiger charge is 2.39. The van der Waals surface area contributed by atoms with E-state index in [1.807, 2.05) is 36.7 Å². The number of hydrogen-bond donors (Lipinski definition) is 2. The lowest BCUT2D eigenvalue weighted by atomic mass is 10.0. The van der Waals surface area contributed by atoms with Gasteiger partial charge in [0.15, 0.2) is 5.11 Å². The summed E-state index contributed by atoms with van der Waals surface area (Å²) in [6.07, 6.45) is 3.78. The number of rotatable bonds is 5. The van der Waals surface area contributed by atoms with Crippen molar-refractivity contribution in [2.24, 2.45) is 0 Å². The van der Waals surface area contributed by atoms with Gasteiger partial charge in [0.25, 0.3) is 0 Å². The number of thiocarbonyl (C=S) groups is 1. The molecule has 6 heteroatoms. The standard InChI is InChI=1S/C16H21N5S/c1-20(2)10-11-21-15(13-7-5-9-18-13)14(19-16(21)22)12-6-3-4-8-17-12/h3-9,14-15,18H,10-11H2,1-2H3,(H,19,22)/t14-,15+/m0/s1. The van der Waals surface area contributed by atoms with Gasteiger partial charge in [-0.2, -0.15) is 0 Å². The number of aromatic nitrogens is 2. The Labute approximate surface area is 136 Å². The van der Waals surface area contributed by atoms with E-state index < -0.39 is 0 Å². The average molecular weight is 315 g/mol. The van der Waals surface area contributed by atoms with Crippen molar-refractivity contribution in [3.8, 4) is 0 Å². The number of likely N-dealkylation sites (N-methyl/N-ethyl adjacent to an activating group) is 1. The topological polar surface area (TPSA) is 47.2 Å². The van der Waals surface area contributed by atoms with Crippen molar-refractivity contribution in [2.75, 3.05) is 27.2 Å². The van der Waals surface area contributed by atoms with Gasteiger partial charge in [-0.15, -0.1) is 0 Å². The van der Waals surface area contributed by atoms with Crippen molar-refractivity contribution in [2.45, 2.75) is 12.1 Å². The van der Waals surface area contributed by atoms with Crippen LogP contribution in [0.1, 0.15) is 23.5 Å². The largest absolute Gasteiger partial charge is 0.363 e. The van der Waals surface area contributed by atoms with Crippen LogP contribution in [0, 0.1) is 0 Å². The van der Waals surface area contributed by atoms with Gasteiger partial charge in [0.1, 0.15) is 0 Å². The third kappa shape index (κ3) is 2.98. The summed E-state index contributed by atoms with van der Waals surface area (Å²) in [5.41, 5.74) is 2.17. The highest BCUT2D eigenvalue weighted by molar-refractivity contribution is 7.80. The number of aromatic amines is 1. The van der Waals surface area contributed by atoms with Crippen LogP contribution in [0.5, 0.6) is 0 Å². The second-order valence-electron chi connectivity index (χ2n) is 5.75. The van der Waals surface area contributed by atoms with E-state index in [1.165, 1.54) is 0 Å². The van der Waals surface area contributed by atoms with Gasteiger partial charge in [-0.1, -0.05) is 6.07 Å². The summed E-state index contributed by atoms with van der Waals surface area (Å²) < 4.78 is 0. The van der Waals surface area contributed by atoms with Gasteiger partial charge >= 0.3 is 0 Å². The number of pyridine rings is 1. The van der Waals surface area contributed by atoms with Gasteiger partial charge in [0.2, 0.25) is 0 Å². The third-order valence-electron chi connectivity index (χ3n) is 3.93. The van der Waals surface area contributed by atoms with E-state index in [1.54, 1.807) is 0 Å². The van der Waals surface area contributed by atoms with Crippen molar-refractivity contribution in [3.05, 3.63) is 54.1 Å². The Hall–Kier alpha value is -1.92. The zero-order valence-corrected chi connectivity index (χ0v) is 13.7. The van der Waals surface area contributed by atoms with E-state index in [0.717, 1.165) is 29.6 Å². The molecule has 1 saturated heterocycles. The SMILES string of the molecule is CN(C)CCN1C(=S)N[C@@H](c2ccccn2)[C@H]1c1ccc[nH]1. The number of nitrogens with one attached hydrogen (secondary N) is 2. The Morgan fingerprint density at radius 3 is 2.77 bits per heavy atom. The Bertz CT molecular complexity index is 611. The monoisotopic (exact) mass is 315 g/mol. The molecule has 0 unspecified atom stereocenters. The van der Waals surface area contributed by atoms with Gasteiger partial charge in [0.05, 0.1) is 17.8 Å². The first-order valence-electron chi connectivity index (χ1n) is 7.43.